The molecule has 11 rings (SSSR count). The van der Waals surface area contributed by atoms with E-state index in [0.717, 1.165) is 101 Å². The van der Waals surface area contributed by atoms with Crippen LogP contribution in [0.2, 0.25) is 0 Å². The first kappa shape index (κ1) is 38.6. The largest absolute Gasteiger partial charge is 0.272 e. The molecule has 302 valence electrons. The Morgan fingerprint density at radius 1 is 0.250 bits per heavy atom. The summed E-state index contributed by atoms with van der Waals surface area (Å²) in [6.07, 6.45) is 0. The van der Waals surface area contributed by atoms with Crippen molar-refractivity contribution in [1.82, 2.24) is 9.97 Å². The van der Waals surface area contributed by atoms with Crippen molar-refractivity contribution >= 4 is 33.7 Å². The lowest BCUT2D eigenvalue weighted by Crippen LogP contribution is -2.40. The second kappa shape index (κ2) is 17.2. The van der Waals surface area contributed by atoms with Crippen molar-refractivity contribution < 1.29 is 0 Å². The van der Waals surface area contributed by atoms with Crippen LogP contribution in [0.1, 0.15) is 44.8 Å². The third kappa shape index (κ3) is 7.21. The molecule has 0 spiro atoms. The predicted octanol–water partition coefficient (Wildman–Crippen LogP) is 13.5. The molecule has 0 fully saturated rings. The van der Waals surface area contributed by atoms with Gasteiger partial charge in [-0.05, 0) is 33.4 Å². The number of hydrogen-bond donors (Lipinski definition) is 0. The maximum absolute atomic E-state index is 6.01. The minimum Gasteiger partial charge on any atom is -0.272 e. The topological polar surface area (TPSA) is 50.5 Å². The molecule has 9 aromatic rings. The van der Waals surface area contributed by atoms with E-state index >= 15 is 0 Å². The average molecular weight is 819 g/mol. The van der Waals surface area contributed by atoms with E-state index in [0.29, 0.717) is 0 Å². The first-order chi connectivity index (χ1) is 31.8. The monoisotopic (exact) mass is 818 g/mol. The molecule has 4 nitrogen and oxygen atoms in total. The Morgan fingerprint density at radius 2 is 0.484 bits per heavy atom. The number of hydrogen-bond acceptors (Lipinski definition) is 4. The second-order valence-corrected chi connectivity index (χ2v) is 16.0. The van der Waals surface area contributed by atoms with Gasteiger partial charge in [-0.2, -0.15) is 0 Å². The van der Waals surface area contributed by atoms with E-state index in [1.807, 2.05) is 12.1 Å². The third-order valence-electron chi connectivity index (χ3n) is 12.0. The zero-order valence-electron chi connectivity index (χ0n) is 35.0. The van der Waals surface area contributed by atoms with E-state index in [1.54, 1.807) is 0 Å². The quantitative estimate of drug-likeness (QED) is 0.153. The number of nitrogens with zero attached hydrogens (tertiary/aromatic N) is 4. The molecule has 1 aliphatic heterocycles. The minimum absolute atomic E-state index is 0.511. The van der Waals surface area contributed by atoms with E-state index in [4.69, 9.17) is 20.0 Å². The third-order valence-corrected chi connectivity index (χ3v) is 12.0. The summed E-state index contributed by atoms with van der Waals surface area (Å²) in [5.41, 5.74) is 17.2. The van der Waals surface area contributed by atoms with Gasteiger partial charge in [-0.15, -0.1) is 0 Å². The summed E-state index contributed by atoms with van der Waals surface area (Å²) in [4.78, 5) is 23.9. The Hall–Kier alpha value is -8.34. The van der Waals surface area contributed by atoms with Crippen LogP contribution in [0.25, 0.3) is 44.8 Å². The Kier molecular flexibility index (Phi) is 10.4. The van der Waals surface area contributed by atoms with Gasteiger partial charge in [0.25, 0.3) is 0 Å². The van der Waals surface area contributed by atoms with E-state index in [1.165, 1.54) is 0 Å². The van der Waals surface area contributed by atoms with Crippen LogP contribution in [0.15, 0.2) is 253 Å². The summed E-state index contributed by atoms with van der Waals surface area (Å²) in [5, 5.41) is 0. The molecule has 8 aromatic carbocycles. The van der Waals surface area contributed by atoms with Crippen molar-refractivity contribution in [2.75, 3.05) is 0 Å². The smallest absolute Gasteiger partial charge is 0.105 e. The van der Waals surface area contributed by atoms with Crippen LogP contribution in [0.3, 0.4) is 0 Å². The predicted molar refractivity (Wildman–Crippen MR) is 264 cm³/mol. The maximum atomic E-state index is 6.01. The number of benzene rings is 8. The van der Waals surface area contributed by atoms with Gasteiger partial charge < -0.3 is 0 Å². The van der Waals surface area contributed by atoms with Gasteiger partial charge in [0.15, 0.2) is 0 Å². The lowest BCUT2D eigenvalue weighted by atomic mass is 9.73. The Labute approximate surface area is 374 Å². The molecular formula is C60H42N4. The highest BCUT2D eigenvalue weighted by atomic mass is 15.0. The van der Waals surface area contributed by atoms with E-state index < -0.39 is 12.1 Å². The summed E-state index contributed by atoms with van der Waals surface area (Å²) in [7, 11) is 0. The van der Waals surface area contributed by atoms with Crippen LogP contribution in [-0.2, 0) is 0 Å². The SMILES string of the molecule is c1ccc(C2=NC3C(=C(c4ccccc4)c4ccccc4)c4nc(-c5ccccc5)c(-c5ccccc5)nc4C(=C(c4ccccc4)c4ccccc4)C3N=C2c2ccccc2)cc1. The first-order valence-electron chi connectivity index (χ1n) is 21.8. The van der Waals surface area contributed by atoms with Gasteiger partial charge in [0.1, 0.15) is 12.1 Å². The first-order valence-corrected chi connectivity index (χ1v) is 21.8. The fourth-order valence-electron chi connectivity index (χ4n) is 9.19. The van der Waals surface area contributed by atoms with E-state index in [9.17, 15) is 0 Å². The molecule has 2 unspecified atom stereocenters. The van der Waals surface area contributed by atoms with Gasteiger partial charge in [-0.3, -0.25) is 9.98 Å². The number of aromatic nitrogens is 2. The fraction of sp³-hybridized carbons (Fsp3) is 0.0333. The molecule has 0 amide bonds. The molecule has 0 saturated heterocycles. The Bertz CT molecular complexity index is 2900. The number of aliphatic imine (C=N–C) groups is 2. The van der Waals surface area contributed by atoms with Crippen molar-refractivity contribution in [1.29, 1.82) is 0 Å². The molecule has 2 aliphatic rings. The average Bonchev–Trinajstić information content (AvgIpc) is 3.38. The van der Waals surface area contributed by atoms with Crippen LogP contribution < -0.4 is 0 Å². The maximum Gasteiger partial charge on any atom is 0.105 e. The molecule has 4 heteroatoms. The van der Waals surface area contributed by atoms with Crippen LogP contribution in [0, 0.1) is 0 Å². The summed E-state index contributed by atoms with van der Waals surface area (Å²) in [6, 6.07) is 83.6. The van der Waals surface area contributed by atoms with Crippen LogP contribution in [0.5, 0.6) is 0 Å². The van der Waals surface area contributed by atoms with Gasteiger partial charge in [0.2, 0.25) is 0 Å². The minimum atomic E-state index is -0.511. The molecule has 2 atom stereocenters. The lowest BCUT2D eigenvalue weighted by Gasteiger charge is -2.39. The number of rotatable bonds is 8. The molecule has 1 aliphatic carbocycles. The summed E-state index contributed by atoms with van der Waals surface area (Å²) < 4.78 is 0. The van der Waals surface area contributed by atoms with Crippen LogP contribution in [-0.4, -0.2) is 33.5 Å². The highest BCUT2D eigenvalue weighted by molar-refractivity contribution is 6.54. The molecule has 0 N–H and O–H groups in total. The van der Waals surface area contributed by atoms with Crippen molar-refractivity contribution in [2.45, 2.75) is 12.1 Å². The molecule has 0 saturated carbocycles. The molecule has 0 radical (unpaired) electrons. The van der Waals surface area contributed by atoms with Crippen molar-refractivity contribution in [3.8, 4) is 22.5 Å². The standard InChI is InChI=1S/C60H42N4/c1-9-25-41(26-10-1)49(42-27-11-2-12-28-42)51-57-59(63-55(47-37-21-7-22-38-47)53(61-57)45-33-17-5-18-34-45)52(50(43-29-13-3-14-30-43)44-31-15-4-16-32-44)60-58(51)62-54(46-35-19-6-20-36-46)56(64-60)48-39-23-8-24-40-48/h1-40,57,59H. The highest BCUT2D eigenvalue weighted by Crippen LogP contribution is 2.51. The van der Waals surface area contributed by atoms with Gasteiger partial charge in [-0.25, -0.2) is 9.97 Å². The summed E-state index contributed by atoms with van der Waals surface area (Å²) >= 11 is 0. The van der Waals surface area contributed by atoms with Crippen molar-refractivity contribution in [3.63, 3.8) is 0 Å². The summed E-state index contributed by atoms with van der Waals surface area (Å²) in [5.74, 6) is 0. The zero-order chi connectivity index (χ0) is 42.7. The number of fused-ring (bicyclic) bond motifs is 2. The van der Waals surface area contributed by atoms with E-state index in [2.05, 4.69) is 231 Å². The van der Waals surface area contributed by atoms with Crippen LogP contribution >= 0.6 is 0 Å². The zero-order valence-corrected chi connectivity index (χ0v) is 35.0. The fourth-order valence-corrected chi connectivity index (χ4v) is 9.19. The second-order valence-electron chi connectivity index (χ2n) is 16.0. The lowest BCUT2D eigenvalue weighted by molar-refractivity contribution is 0.712. The van der Waals surface area contributed by atoms with Crippen LogP contribution in [0.4, 0.5) is 0 Å². The van der Waals surface area contributed by atoms with Gasteiger partial charge in [0, 0.05) is 33.4 Å². The normalized spacial score (nSPS) is 15.3. The molecule has 2 heterocycles. The van der Waals surface area contributed by atoms with Gasteiger partial charge in [0.05, 0.1) is 34.2 Å². The molecular weight excluding hydrogens is 777 g/mol. The molecule has 0 bridgehead atoms. The molecule has 1 aromatic heterocycles. The molecule has 64 heavy (non-hydrogen) atoms. The Morgan fingerprint density at radius 3 is 0.750 bits per heavy atom. The van der Waals surface area contributed by atoms with Gasteiger partial charge in [-0.1, -0.05) is 243 Å². The van der Waals surface area contributed by atoms with E-state index in [-0.39, 0.29) is 0 Å². The summed E-state index contributed by atoms with van der Waals surface area (Å²) in [6.45, 7) is 0. The van der Waals surface area contributed by atoms with Crippen molar-refractivity contribution in [2.24, 2.45) is 9.98 Å². The Balaban J connectivity index is 1.37. The van der Waals surface area contributed by atoms with Crippen molar-refractivity contribution in [3.05, 3.63) is 287 Å². The van der Waals surface area contributed by atoms with Gasteiger partial charge >= 0.3 is 0 Å². The highest BCUT2D eigenvalue weighted by Gasteiger charge is 2.45.